The average molecular weight is 168 g/mol. The van der Waals surface area contributed by atoms with Gasteiger partial charge in [-0.2, -0.15) is 0 Å². The van der Waals surface area contributed by atoms with Gasteiger partial charge in [-0.25, -0.2) is 0 Å². The molecule has 0 unspecified atom stereocenters. The minimum atomic E-state index is 0.221. The van der Waals surface area contributed by atoms with Crippen LogP contribution < -0.4 is 16.4 Å². The summed E-state index contributed by atoms with van der Waals surface area (Å²) in [6, 6.07) is 0. The number of hydrogen-bond acceptors (Lipinski definition) is 2. The van der Waals surface area contributed by atoms with Crippen LogP contribution in [0.2, 0.25) is 10.3 Å². The molecule has 6 heteroatoms. The molecule has 0 saturated heterocycles. The van der Waals surface area contributed by atoms with E-state index in [-0.39, 0.29) is 10.3 Å². The van der Waals surface area contributed by atoms with Gasteiger partial charge in [-0.3, -0.25) is 11.7 Å². The highest BCUT2D eigenvalue weighted by atomic mass is 35.5. The maximum atomic E-state index is 5.50. The van der Waals surface area contributed by atoms with Gasteiger partial charge in [0.25, 0.3) is 16.6 Å². The number of hydrogen-bond donors (Lipinski definition) is 2. The van der Waals surface area contributed by atoms with Crippen LogP contribution in [0.1, 0.15) is 0 Å². The lowest BCUT2D eigenvalue weighted by atomic mass is 10.9. The number of nitrogens with two attached hydrogens (primary N) is 2. The minimum absolute atomic E-state index is 0.221. The van der Waals surface area contributed by atoms with E-state index in [2.05, 4.69) is 0 Å². The van der Waals surface area contributed by atoms with E-state index in [1.165, 1.54) is 6.33 Å². The number of nitrogen functional groups attached to an aromatic ring is 2. The van der Waals surface area contributed by atoms with Gasteiger partial charge < -0.3 is 0 Å². The van der Waals surface area contributed by atoms with E-state index in [9.17, 15) is 0 Å². The summed E-state index contributed by atoms with van der Waals surface area (Å²) in [5.74, 6) is 10.5. The molecule has 0 aliphatic carbocycles. The molecule has 0 spiro atoms. The molecule has 0 aliphatic rings. The first-order chi connectivity index (χ1) is 4.13. The zero-order chi connectivity index (χ0) is 7.02. The smallest absolute Gasteiger partial charge is 0.268 e. The first-order valence-electron chi connectivity index (χ1n) is 2.11. The lowest BCUT2D eigenvalue weighted by Gasteiger charge is -1.78. The second kappa shape index (κ2) is 1.97. The summed E-state index contributed by atoms with van der Waals surface area (Å²) in [6.45, 7) is 0. The van der Waals surface area contributed by atoms with Crippen LogP contribution in [0, 0.1) is 0 Å². The average Bonchev–Trinajstić information content (AvgIpc) is 1.98. The predicted octanol–water partition coefficient (Wildman–Crippen LogP) is -0.490. The molecule has 9 heavy (non-hydrogen) atoms. The van der Waals surface area contributed by atoms with Gasteiger partial charge in [0, 0.05) is 0 Å². The van der Waals surface area contributed by atoms with E-state index in [0.29, 0.717) is 0 Å². The Morgan fingerprint density at radius 1 is 1.56 bits per heavy atom. The Balaban J connectivity index is 3.29. The van der Waals surface area contributed by atoms with Crippen LogP contribution in [-0.4, -0.2) is 4.68 Å². The fourth-order valence-electron chi connectivity index (χ4n) is 0.448. The van der Waals surface area contributed by atoms with E-state index < -0.39 is 0 Å². The number of imidazole rings is 1. The second-order valence-corrected chi connectivity index (χ2v) is 2.23. The molecule has 0 saturated carbocycles. The minimum Gasteiger partial charge on any atom is -0.268 e. The van der Waals surface area contributed by atoms with Crippen molar-refractivity contribution in [2.45, 2.75) is 0 Å². The zero-order valence-electron chi connectivity index (χ0n) is 4.38. The standard InChI is InChI=1S/C3H5Cl2N4/c4-2-3(5)9(7)1-8(2)6/h1H,6-7H2/q+1. The Kier molecular flexibility index (Phi) is 1.42. The Labute approximate surface area is 61.5 Å². The molecule has 1 aromatic rings. The van der Waals surface area contributed by atoms with Gasteiger partial charge in [0.2, 0.25) is 0 Å². The first-order valence-corrected chi connectivity index (χ1v) is 2.86. The molecule has 0 aromatic carbocycles. The summed E-state index contributed by atoms with van der Waals surface area (Å²) in [4.78, 5) is 0. The van der Waals surface area contributed by atoms with E-state index in [1.807, 2.05) is 0 Å². The van der Waals surface area contributed by atoms with Crippen molar-refractivity contribution in [3.8, 4) is 0 Å². The van der Waals surface area contributed by atoms with Gasteiger partial charge >= 0.3 is 0 Å². The molecule has 1 aromatic heterocycles. The normalized spacial score (nSPS) is 10.0. The molecule has 1 rings (SSSR count). The summed E-state index contributed by atoms with van der Waals surface area (Å²) < 4.78 is 2.26. The molecule has 50 valence electrons. The van der Waals surface area contributed by atoms with Gasteiger partial charge in [-0.05, 0) is 23.2 Å². The van der Waals surface area contributed by atoms with Gasteiger partial charge in [0.05, 0.1) is 0 Å². The molecule has 0 radical (unpaired) electrons. The molecule has 0 atom stereocenters. The molecule has 0 bridgehead atoms. The predicted molar refractivity (Wildman–Crippen MR) is 34.9 cm³/mol. The van der Waals surface area contributed by atoms with Crippen molar-refractivity contribution in [1.82, 2.24) is 4.68 Å². The van der Waals surface area contributed by atoms with Crippen molar-refractivity contribution < 1.29 is 4.68 Å². The molecule has 4 N–H and O–H groups in total. The van der Waals surface area contributed by atoms with E-state index in [0.717, 1.165) is 9.35 Å². The van der Waals surface area contributed by atoms with Crippen molar-refractivity contribution in [1.29, 1.82) is 0 Å². The Morgan fingerprint density at radius 3 is 2.22 bits per heavy atom. The van der Waals surface area contributed by atoms with E-state index in [1.54, 1.807) is 0 Å². The Bertz CT molecular complexity index is 207. The monoisotopic (exact) mass is 167 g/mol. The molecule has 4 nitrogen and oxygen atoms in total. The van der Waals surface area contributed by atoms with Crippen LogP contribution in [0.15, 0.2) is 6.33 Å². The van der Waals surface area contributed by atoms with Crippen molar-refractivity contribution in [2.75, 3.05) is 11.7 Å². The van der Waals surface area contributed by atoms with Gasteiger partial charge in [0.15, 0.2) is 0 Å². The van der Waals surface area contributed by atoms with Crippen LogP contribution in [0.3, 0.4) is 0 Å². The van der Waals surface area contributed by atoms with Crippen molar-refractivity contribution in [3.05, 3.63) is 16.6 Å². The number of halogens is 2. The quantitative estimate of drug-likeness (QED) is 0.405. The maximum Gasteiger partial charge on any atom is 0.293 e. The molecule has 0 amide bonds. The second-order valence-electron chi connectivity index (χ2n) is 1.51. The first kappa shape index (κ1) is 6.51. The number of aromatic nitrogens is 2. The highest BCUT2D eigenvalue weighted by molar-refractivity contribution is 6.39. The fourth-order valence-corrected chi connectivity index (χ4v) is 0.731. The van der Waals surface area contributed by atoms with Crippen molar-refractivity contribution in [3.63, 3.8) is 0 Å². The topological polar surface area (TPSA) is 60.8 Å². The lowest BCUT2D eigenvalue weighted by Crippen LogP contribution is -2.43. The number of nitrogens with zero attached hydrogens (tertiary/aromatic N) is 2. The van der Waals surface area contributed by atoms with E-state index in [4.69, 9.17) is 34.9 Å². The van der Waals surface area contributed by atoms with Crippen LogP contribution in [0.4, 0.5) is 0 Å². The molecular formula is C3H5Cl2N4+. The summed E-state index contributed by atoms with van der Waals surface area (Å²) >= 11 is 11.0. The largest absolute Gasteiger partial charge is 0.293 e. The molecule has 0 fully saturated rings. The number of rotatable bonds is 0. The molecule has 1 heterocycles. The van der Waals surface area contributed by atoms with Crippen molar-refractivity contribution in [2.24, 2.45) is 0 Å². The third-order valence-corrected chi connectivity index (χ3v) is 1.72. The third-order valence-electron chi connectivity index (χ3n) is 0.872. The summed E-state index contributed by atoms with van der Waals surface area (Å²) in [7, 11) is 0. The van der Waals surface area contributed by atoms with Crippen LogP contribution >= 0.6 is 23.2 Å². The van der Waals surface area contributed by atoms with Gasteiger partial charge in [0.1, 0.15) is 0 Å². The maximum absolute atomic E-state index is 5.50. The summed E-state index contributed by atoms with van der Waals surface area (Å²) in [5.41, 5.74) is 0. The van der Waals surface area contributed by atoms with Gasteiger partial charge in [-0.15, -0.1) is 9.35 Å². The van der Waals surface area contributed by atoms with Gasteiger partial charge in [-0.1, -0.05) is 0 Å². The highest BCUT2D eigenvalue weighted by Crippen LogP contribution is 2.13. The van der Waals surface area contributed by atoms with Crippen LogP contribution in [0.5, 0.6) is 0 Å². The Morgan fingerprint density at radius 2 is 2.11 bits per heavy atom. The third kappa shape index (κ3) is 0.906. The highest BCUT2D eigenvalue weighted by Gasteiger charge is 2.15. The fraction of sp³-hybridized carbons (Fsp3) is 0. The summed E-state index contributed by atoms with van der Waals surface area (Å²) in [6.07, 6.45) is 1.37. The lowest BCUT2D eigenvalue weighted by molar-refractivity contribution is -0.635. The van der Waals surface area contributed by atoms with Crippen LogP contribution in [-0.2, 0) is 0 Å². The Hall–Kier alpha value is -0.610. The summed E-state index contributed by atoms with van der Waals surface area (Å²) in [5, 5.41) is 0.443. The van der Waals surface area contributed by atoms with E-state index >= 15 is 0 Å². The van der Waals surface area contributed by atoms with Crippen molar-refractivity contribution >= 4 is 23.2 Å². The van der Waals surface area contributed by atoms with Crippen LogP contribution in [0.25, 0.3) is 0 Å². The molecule has 0 aliphatic heterocycles. The molecular weight excluding hydrogens is 163 g/mol. The zero-order valence-corrected chi connectivity index (χ0v) is 5.89. The SMILES string of the molecule is Nn1c[n+](N)c(Cl)c1Cl.